The highest BCUT2D eigenvalue weighted by molar-refractivity contribution is 5.95. The SMILES string of the molecule is Cc1occc1C(=O)NCC(N1CCNCC1)C(F)(F)F. The minimum absolute atomic E-state index is 0.260. The Morgan fingerprint density at radius 1 is 1.48 bits per heavy atom. The Hall–Kier alpha value is -1.54. The van der Waals surface area contributed by atoms with E-state index in [9.17, 15) is 18.0 Å². The average molecular weight is 305 g/mol. The maximum Gasteiger partial charge on any atom is 0.405 e. The summed E-state index contributed by atoms with van der Waals surface area (Å²) < 4.78 is 44.4. The molecule has 2 heterocycles. The van der Waals surface area contributed by atoms with Gasteiger partial charge in [-0.15, -0.1) is 0 Å². The summed E-state index contributed by atoms with van der Waals surface area (Å²) in [6, 6.07) is -0.228. The summed E-state index contributed by atoms with van der Waals surface area (Å²) in [6.07, 6.45) is -3.04. The fourth-order valence-electron chi connectivity index (χ4n) is 2.35. The molecule has 118 valence electrons. The van der Waals surface area contributed by atoms with Crippen LogP contribution in [0.3, 0.4) is 0 Å². The number of nitrogens with one attached hydrogen (secondary N) is 2. The number of halogens is 3. The van der Waals surface area contributed by atoms with Gasteiger partial charge in [-0.05, 0) is 13.0 Å². The van der Waals surface area contributed by atoms with Crippen LogP contribution in [0.4, 0.5) is 13.2 Å². The summed E-state index contributed by atoms with van der Waals surface area (Å²) in [5.41, 5.74) is 0.260. The standard InChI is InChI=1S/C13H18F3N3O2/c1-9-10(2-7-21-9)12(20)18-8-11(13(14,15)16)19-5-3-17-4-6-19/h2,7,11,17H,3-6,8H2,1H3,(H,18,20). The molecule has 0 saturated carbocycles. The van der Waals surface area contributed by atoms with Crippen molar-refractivity contribution in [1.29, 1.82) is 0 Å². The lowest BCUT2D eigenvalue weighted by molar-refractivity contribution is -0.183. The number of carbonyl (C=O) groups is 1. The zero-order chi connectivity index (χ0) is 15.5. The number of hydrogen-bond acceptors (Lipinski definition) is 4. The van der Waals surface area contributed by atoms with Crippen LogP contribution in [0.5, 0.6) is 0 Å². The van der Waals surface area contributed by atoms with Gasteiger partial charge in [0, 0.05) is 32.7 Å². The van der Waals surface area contributed by atoms with E-state index in [1.54, 1.807) is 6.92 Å². The molecule has 1 aliphatic heterocycles. The van der Waals surface area contributed by atoms with Crippen molar-refractivity contribution in [3.05, 3.63) is 23.7 Å². The van der Waals surface area contributed by atoms with Crippen LogP contribution in [-0.2, 0) is 0 Å². The van der Waals surface area contributed by atoms with E-state index in [0.717, 1.165) is 0 Å². The van der Waals surface area contributed by atoms with E-state index in [-0.39, 0.29) is 5.56 Å². The average Bonchev–Trinajstić information content (AvgIpc) is 2.85. The van der Waals surface area contributed by atoms with Crippen molar-refractivity contribution >= 4 is 5.91 Å². The topological polar surface area (TPSA) is 57.5 Å². The number of piperazine rings is 1. The van der Waals surface area contributed by atoms with Crippen molar-refractivity contribution in [3.8, 4) is 0 Å². The van der Waals surface area contributed by atoms with Crippen LogP contribution in [0.2, 0.25) is 0 Å². The lowest BCUT2D eigenvalue weighted by Gasteiger charge is -2.35. The van der Waals surface area contributed by atoms with Gasteiger partial charge >= 0.3 is 6.18 Å². The molecule has 2 rings (SSSR count). The molecule has 0 aromatic carbocycles. The van der Waals surface area contributed by atoms with E-state index in [1.807, 2.05) is 0 Å². The van der Waals surface area contributed by atoms with Crippen molar-refractivity contribution in [2.24, 2.45) is 0 Å². The Morgan fingerprint density at radius 3 is 2.67 bits per heavy atom. The monoisotopic (exact) mass is 305 g/mol. The van der Waals surface area contributed by atoms with Crippen LogP contribution in [0.15, 0.2) is 16.7 Å². The molecule has 1 aliphatic rings. The highest BCUT2D eigenvalue weighted by Crippen LogP contribution is 2.25. The predicted molar refractivity (Wildman–Crippen MR) is 70.1 cm³/mol. The van der Waals surface area contributed by atoms with Crippen LogP contribution in [0.1, 0.15) is 16.1 Å². The zero-order valence-corrected chi connectivity index (χ0v) is 11.7. The molecule has 1 atom stereocenters. The number of alkyl halides is 3. The number of amides is 1. The van der Waals surface area contributed by atoms with Crippen molar-refractivity contribution < 1.29 is 22.4 Å². The molecule has 1 fully saturated rings. The van der Waals surface area contributed by atoms with Crippen LogP contribution in [0, 0.1) is 6.92 Å². The lowest BCUT2D eigenvalue weighted by Crippen LogP contribution is -2.57. The first-order valence-corrected chi connectivity index (χ1v) is 6.73. The van der Waals surface area contributed by atoms with Gasteiger partial charge in [-0.2, -0.15) is 13.2 Å². The number of hydrogen-bond donors (Lipinski definition) is 2. The molecular weight excluding hydrogens is 287 g/mol. The summed E-state index contributed by atoms with van der Waals surface area (Å²) in [4.78, 5) is 13.2. The Balaban J connectivity index is 1.99. The van der Waals surface area contributed by atoms with Gasteiger partial charge < -0.3 is 15.1 Å². The van der Waals surface area contributed by atoms with Crippen molar-refractivity contribution in [2.75, 3.05) is 32.7 Å². The molecule has 2 N–H and O–H groups in total. The number of furan rings is 1. The molecule has 1 unspecified atom stereocenters. The molecule has 1 amide bonds. The van der Waals surface area contributed by atoms with Crippen LogP contribution < -0.4 is 10.6 Å². The first kappa shape index (κ1) is 15.8. The Kier molecular flexibility index (Phi) is 4.89. The minimum atomic E-state index is -4.38. The molecule has 1 aromatic heterocycles. The highest BCUT2D eigenvalue weighted by atomic mass is 19.4. The number of rotatable bonds is 4. The fraction of sp³-hybridized carbons (Fsp3) is 0.615. The van der Waals surface area contributed by atoms with Gasteiger partial charge in [0.2, 0.25) is 0 Å². The molecule has 0 radical (unpaired) electrons. The predicted octanol–water partition coefficient (Wildman–Crippen LogP) is 1.15. The smallest absolute Gasteiger partial charge is 0.405 e. The fourth-order valence-corrected chi connectivity index (χ4v) is 2.35. The van der Waals surface area contributed by atoms with Crippen LogP contribution >= 0.6 is 0 Å². The molecule has 1 aromatic rings. The summed E-state index contributed by atoms with van der Waals surface area (Å²) >= 11 is 0. The Morgan fingerprint density at radius 2 is 2.14 bits per heavy atom. The third-order valence-corrected chi connectivity index (χ3v) is 3.53. The van der Waals surface area contributed by atoms with Crippen molar-refractivity contribution in [2.45, 2.75) is 19.1 Å². The van der Waals surface area contributed by atoms with E-state index >= 15 is 0 Å². The molecule has 1 saturated heterocycles. The van der Waals surface area contributed by atoms with Gasteiger partial charge in [-0.3, -0.25) is 9.69 Å². The van der Waals surface area contributed by atoms with E-state index in [0.29, 0.717) is 31.9 Å². The van der Waals surface area contributed by atoms with Gasteiger partial charge in [0.05, 0.1) is 11.8 Å². The maximum atomic E-state index is 13.1. The second-order valence-corrected chi connectivity index (χ2v) is 4.94. The Bertz CT molecular complexity index is 481. The minimum Gasteiger partial charge on any atom is -0.469 e. The molecule has 8 heteroatoms. The quantitative estimate of drug-likeness (QED) is 0.876. The van der Waals surface area contributed by atoms with Gasteiger partial charge in [0.25, 0.3) is 5.91 Å². The lowest BCUT2D eigenvalue weighted by atomic mass is 10.2. The number of carbonyl (C=O) groups excluding carboxylic acids is 1. The van der Waals surface area contributed by atoms with Crippen LogP contribution in [0.25, 0.3) is 0 Å². The summed E-state index contributed by atoms with van der Waals surface area (Å²) in [5, 5.41) is 5.36. The number of aryl methyl sites for hydroxylation is 1. The van der Waals surface area contributed by atoms with Crippen LogP contribution in [-0.4, -0.2) is 55.7 Å². The summed E-state index contributed by atoms with van der Waals surface area (Å²) in [6.45, 7) is 2.78. The van der Waals surface area contributed by atoms with Gasteiger partial charge in [-0.25, -0.2) is 0 Å². The second kappa shape index (κ2) is 6.48. The molecule has 5 nitrogen and oxygen atoms in total. The normalized spacial score (nSPS) is 18.5. The van der Waals surface area contributed by atoms with Crippen molar-refractivity contribution in [3.63, 3.8) is 0 Å². The van der Waals surface area contributed by atoms with Gasteiger partial charge in [0.1, 0.15) is 11.8 Å². The highest BCUT2D eigenvalue weighted by Gasteiger charge is 2.43. The maximum absolute atomic E-state index is 13.1. The molecule has 0 spiro atoms. The van der Waals surface area contributed by atoms with E-state index in [2.05, 4.69) is 10.6 Å². The van der Waals surface area contributed by atoms with E-state index < -0.39 is 24.7 Å². The number of nitrogens with zero attached hydrogens (tertiary/aromatic N) is 1. The molecule has 21 heavy (non-hydrogen) atoms. The van der Waals surface area contributed by atoms with Gasteiger partial charge in [0.15, 0.2) is 0 Å². The largest absolute Gasteiger partial charge is 0.469 e. The Labute approximate surface area is 120 Å². The van der Waals surface area contributed by atoms with E-state index in [1.165, 1.54) is 17.2 Å². The van der Waals surface area contributed by atoms with Gasteiger partial charge in [-0.1, -0.05) is 0 Å². The molecular formula is C13H18F3N3O2. The third kappa shape index (κ3) is 3.98. The molecule has 0 bridgehead atoms. The van der Waals surface area contributed by atoms with Crippen molar-refractivity contribution in [1.82, 2.24) is 15.5 Å². The van der Waals surface area contributed by atoms with E-state index in [4.69, 9.17) is 4.42 Å². The molecule has 0 aliphatic carbocycles. The first-order valence-electron chi connectivity index (χ1n) is 6.73. The first-order chi connectivity index (χ1) is 9.89. The summed E-state index contributed by atoms with van der Waals surface area (Å²) in [5.74, 6) is -0.163. The zero-order valence-electron chi connectivity index (χ0n) is 11.7. The third-order valence-electron chi connectivity index (χ3n) is 3.53. The second-order valence-electron chi connectivity index (χ2n) is 4.94. The summed E-state index contributed by atoms with van der Waals surface area (Å²) in [7, 11) is 0.